The van der Waals surface area contributed by atoms with Crippen LogP contribution in [0.1, 0.15) is 39.2 Å². The first-order valence-electron chi connectivity index (χ1n) is 7.12. The molecule has 0 atom stereocenters. The molecule has 0 aromatic heterocycles. The molecule has 102 valence electrons. The predicted molar refractivity (Wildman–Crippen MR) is 77.5 cm³/mol. The highest BCUT2D eigenvalue weighted by Gasteiger charge is 2.38. The lowest BCUT2D eigenvalue weighted by molar-refractivity contribution is 0.101. The number of benzene rings is 1. The van der Waals surface area contributed by atoms with E-state index in [1.54, 1.807) is 0 Å². The molecule has 3 heteroatoms. The molecule has 1 aliphatic heterocycles. The van der Waals surface area contributed by atoms with E-state index >= 15 is 0 Å². The van der Waals surface area contributed by atoms with Crippen LogP contribution in [0.15, 0.2) is 42.2 Å². The SMILES string of the molecule is CC(C)(C)C1=CN(Cc2ccccc2)NN1C1CC1. The molecule has 3 rings (SSSR count). The molecule has 0 amide bonds. The van der Waals surface area contributed by atoms with E-state index < -0.39 is 0 Å². The fourth-order valence-electron chi connectivity index (χ4n) is 2.46. The zero-order valence-electron chi connectivity index (χ0n) is 12.1. The number of hydrogen-bond acceptors (Lipinski definition) is 3. The fourth-order valence-corrected chi connectivity index (χ4v) is 2.46. The van der Waals surface area contributed by atoms with Crippen molar-refractivity contribution in [2.45, 2.75) is 46.2 Å². The van der Waals surface area contributed by atoms with Gasteiger partial charge < -0.3 is 0 Å². The Morgan fingerprint density at radius 3 is 2.42 bits per heavy atom. The molecular weight excluding hydrogens is 234 g/mol. The maximum atomic E-state index is 3.53. The smallest absolute Gasteiger partial charge is 0.0606 e. The Bertz CT molecular complexity index is 469. The molecule has 1 fully saturated rings. The molecule has 1 heterocycles. The van der Waals surface area contributed by atoms with Gasteiger partial charge in [-0.2, -0.15) is 0 Å². The minimum absolute atomic E-state index is 0.182. The van der Waals surface area contributed by atoms with E-state index in [2.05, 4.69) is 72.9 Å². The summed E-state index contributed by atoms with van der Waals surface area (Å²) in [6, 6.07) is 11.3. The largest absolute Gasteiger partial charge is 0.292 e. The van der Waals surface area contributed by atoms with Crippen molar-refractivity contribution >= 4 is 0 Å². The lowest BCUT2D eigenvalue weighted by Gasteiger charge is -2.30. The maximum absolute atomic E-state index is 3.53. The van der Waals surface area contributed by atoms with Gasteiger partial charge in [-0.15, -0.1) is 5.53 Å². The van der Waals surface area contributed by atoms with Crippen LogP contribution in [0.3, 0.4) is 0 Å². The Hall–Kier alpha value is -1.48. The number of nitrogens with zero attached hydrogens (tertiary/aromatic N) is 2. The van der Waals surface area contributed by atoms with Gasteiger partial charge in [-0.05, 0) is 18.4 Å². The standard InChI is InChI=1S/C16H23N3/c1-16(2,3)15-12-18(17-19(15)14-9-10-14)11-13-7-5-4-6-8-13/h4-8,12,14,17H,9-11H2,1-3H3. The summed E-state index contributed by atoms with van der Waals surface area (Å²) < 4.78 is 0. The van der Waals surface area contributed by atoms with Gasteiger partial charge in [0.1, 0.15) is 0 Å². The summed E-state index contributed by atoms with van der Waals surface area (Å²) in [7, 11) is 0. The molecule has 1 saturated carbocycles. The maximum Gasteiger partial charge on any atom is 0.0606 e. The van der Waals surface area contributed by atoms with Crippen molar-refractivity contribution in [1.29, 1.82) is 0 Å². The van der Waals surface area contributed by atoms with Crippen LogP contribution in [0, 0.1) is 5.41 Å². The van der Waals surface area contributed by atoms with Gasteiger partial charge in [-0.25, -0.2) is 0 Å². The van der Waals surface area contributed by atoms with Gasteiger partial charge in [0.2, 0.25) is 0 Å². The van der Waals surface area contributed by atoms with E-state index in [0.717, 1.165) is 6.54 Å². The second kappa shape index (κ2) is 4.57. The lowest BCUT2D eigenvalue weighted by Crippen LogP contribution is -2.43. The molecular formula is C16H23N3. The van der Waals surface area contributed by atoms with Crippen LogP contribution >= 0.6 is 0 Å². The van der Waals surface area contributed by atoms with Gasteiger partial charge in [-0.3, -0.25) is 10.0 Å². The van der Waals surface area contributed by atoms with Crippen LogP contribution in [0.4, 0.5) is 0 Å². The molecule has 1 aliphatic carbocycles. The van der Waals surface area contributed by atoms with Gasteiger partial charge in [-0.1, -0.05) is 51.1 Å². The molecule has 0 radical (unpaired) electrons. The molecule has 1 aromatic rings. The van der Waals surface area contributed by atoms with Gasteiger partial charge >= 0.3 is 0 Å². The molecule has 0 bridgehead atoms. The summed E-state index contributed by atoms with van der Waals surface area (Å²) >= 11 is 0. The summed E-state index contributed by atoms with van der Waals surface area (Å²) in [5, 5.41) is 4.57. The zero-order chi connectivity index (χ0) is 13.5. The number of hydrogen-bond donors (Lipinski definition) is 1. The topological polar surface area (TPSA) is 18.5 Å². The van der Waals surface area contributed by atoms with Crippen molar-refractivity contribution in [3.63, 3.8) is 0 Å². The van der Waals surface area contributed by atoms with E-state index in [-0.39, 0.29) is 5.41 Å². The van der Waals surface area contributed by atoms with Gasteiger partial charge in [0.05, 0.1) is 12.2 Å². The Morgan fingerprint density at radius 2 is 1.84 bits per heavy atom. The Kier molecular flexibility index (Phi) is 3.02. The minimum atomic E-state index is 0.182. The Morgan fingerprint density at radius 1 is 1.16 bits per heavy atom. The summed E-state index contributed by atoms with van der Waals surface area (Å²) in [5.41, 5.74) is 6.44. The number of allylic oxidation sites excluding steroid dienone is 1. The molecule has 0 saturated heterocycles. The second-order valence-electron chi connectivity index (χ2n) is 6.58. The van der Waals surface area contributed by atoms with Crippen molar-refractivity contribution in [2.24, 2.45) is 5.41 Å². The average Bonchev–Trinajstić information content (AvgIpc) is 3.11. The molecule has 1 N–H and O–H groups in total. The number of hydrazine groups is 2. The molecule has 19 heavy (non-hydrogen) atoms. The fraction of sp³-hybridized carbons (Fsp3) is 0.500. The van der Waals surface area contributed by atoms with Gasteiger partial charge in [0.25, 0.3) is 0 Å². The molecule has 0 unspecified atom stereocenters. The third-order valence-corrected chi connectivity index (χ3v) is 3.65. The van der Waals surface area contributed by atoms with E-state index in [9.17, 15) is 0 Å². The molecule has 2 aliphatic rings. The highest BCUT2D eigenvalue weighted by atomic mass is 15.8. The van der Waals surface area contributed by atoms with Crippen molar-refractivity contribution in [3.8, 4) is 0 Å². The second-order valence-corrected chi connectivity index (χ2v) is 6.58. The van der Waals surface area contributed by atoms with Crippen molar-refractivity contribution < 1.29 is 0 Å². The Labute approximate surface area is 115 Å². The third-order valence-electron chi connectivity index (χ3n) is 3.65. The first kappa shape index (κ1) is 12.5. The van der Waals surface area contributed by atoms with Crippen LogP contribution in [0.25, 0.3) is 0 Å². The molecule has 3 nitrogen and oxygen atoms in total. The normalized spacial score (nSPS) is 19.8. The van der Waals surface area contributed by atoms with Crippen molar-refractivity contribution in [1.82, 2.24) is 15.6 Å². The molecule has 1 aromatic carbocycles. The zero-order valence-corrected chi connectivity index (χ0v) is 12.1. The number of rotatable bonds is 3. The first-order chi connectivity index (χ1) is 9.04. The van der Waals surface area contributed by atoms with Crippen LogP contribution in [-0.4, -0.2) is 16.1 Å². The van der Waals surface area contributed by atoms with Gasteiger partial charge in [0, 0.05) is 17.7 Å². The summed E-state index contributed by atoms with van der Waals surface area (Å²) in [5.74, 6) is 0. The first-order valence-corrected chi connectivity index (χ1v) is 7.12. The van der Waals surface area contributed by atoms with Crippen LogP contribution in [0.2, 0.25) is 0 Å². The quantitative estimate of drug-likeness (QED) is 0.896. The number of nitrogens with one attached hydrogen (secondary N) is 1. The van der Waals surface area contributed by atoms with Crippen molar-refractivity contribution in [3.05, 3.63) is 47.8 Å². The molecule has 0 spiro atoms. The minimum Gasteiger partial charge on any atom is -0.292 e. The van der Waals surface area contributed by atoms with Gasteiger partial charge in [0.15, 0.2) is 0 Å². The van der Waals surface area contributed by atoms with E-state index in [1.165, 1.54) is 24.1 Å². The van der Waals surface area contributed by atoms with Crippen LogP contribution < -0.4 is 5.53 Å². The average molecular weight is 257 g/mol. The summed E-state index contributed by atoms with van der Waals surface area (Å²) in [4.78, 5) is 0. The lowest BCUT2D eigenvalue weighted by atomic mass is 9.92. The van der Waals surface area contributed by atoms with E-state index in [0.29, 0.717) is 6.04 Å². The highest BCUT2D eigenvalue weighted by Crippen LogP contribution is 2.38. The van der Waals surface area contributed by atoms with E-state index in [4.69, 9.17) is 0 Å². The summed E-state index contributed by atoms with van der Waals surface area (Å²) in [6.45, 7) is 7.75. The summed E-state index contributed by atoms with van der Waals surface area (Å²) in [6.07, 6.45) is 4.88. The Balaban J connectivity index is 1.76. The van der Waals surface area contributed by atoms with Crippen LogP contribution in [-0.2, 0) is 6.54 Å². The van der Waals surface area contributed by atoms with E-state index in [1.807, 2.05) is 0 Å². The predicted octanol–water partition coefficient (Wildman–Crippen LogP) is 3.27. The van der Waals surface area contributed by atoms with Crippen molar-refractivity contribution in [2.75, 3.05) is 0 Å². The third kappa shape index (κ3) is 2.76. The van der Waals surface area contributed by atoms with Crippen LogP contribution in [0.5, 0.6) is 0 Å². The highest BCUT2D eigenvalue weighted by molar-refractivity contribution is 5.18. The monoisotopic (exact) mass is 257 g/mol.